The first kappa shape index (κ1) is 39.0. The number of rotatable bonds is 15. The lowest BCUT2D eigenvalue weighted by atomic mass is 9.77. The number of carboxylic acids is 1. The number of β-lactam (4-membered cyclic amide) rings is 1. The Kier molecular flexibility index (Phi) is 11.0. The number of carbonyl (C=O) groups is 4. The minimum absolute atomic E-state index is 0.0796. The molecule has 2 aromatic heterocycles. The summed E-state index contributed by atoms with van der Waals surface area (Å²) in [7, 11) is 0. The number of anilines is 1. The summed E-state index contributed by atoms with van der Waals surface area (Å²) in [5, 5.41) is 33.0. The van der Waals surface area contributed by atoms with Crippen molar-refractivity contribution in [2.24, 2.45) is 10.9 Å². The van der Waals surface area contributed by atoms with Crippen LogP contribution in [0.2, 0.25) is 0 Å². The first-order valence-electron chi connectivity index (χ1n) is 17.2. The predicted molar refractivity (Wildman–Crippen MR) is 214 cm³/mol. The van der Waals surface area contributed by atoms with Crippen molar-refractivity contribution in [2.45, 2.75) is 41.6 Å². The standard InChI is InChI=1S/C37H35N11O6S3/c1-36(2,33(38)53)54-44-26(29(49)41-27-30(50)47-28(32(51)52)21(18-55-31(27)47)19-57-35-43-45-46-48(35)39)25-20-56-34(40-25)42-37(22-12-6-3-7-13-22,23-14-8-4-9-15-23)24-16-10-5-11-17-24/h3-17,20,27,31H,18-19,39H2,1-2H3,(H2,38,53)(H,40,42)(H,41,49)(H,51,52)/t27-,31+/m1/s1. The quantitative estimate of drug-likeness (QED) is 0.0255. The van der Waals surface area contributed by atoms with Gasteiger partial charge < -0.3 is 32.2 Å². The van der Waals surface area contributed by atoms with Crippen LogP contribution in [0.15, 0.2) is 118 Å². The summed E-state index contributed by atoms with van der Waals surface area (Å²) in [4.78, 5) is 64.7. The molecule has 5 aromatic rings. The highest BCUT2D eigenvalue weighted by molar-refractivity contribution is 8.01. The smallest absolute Gasteiger partial charge is 0.352 e. The van der Waals surface area contributed by atoms with Crippen LogP contribution in [-0.4, -0.2) is 93.2 Å². The molecular formula is C37H35N11O6S3. The Morgan fingerprint density at radius 1 is 1.00 bits per heavy atom. The Morgan fingerprint density at radius 2 is 1.60 bits per heavy atom. The topological polar surface area (TPSA) is 246 Å². The van der Waals surface area contributed by atoms with Crippen LogP contribution in [0.5, 0.6) is 0 Å². The fourth-order valence-electron chi connectivity index (χ4n) is 6.23. The van der Waals surface area contributed by atoms with E-state index in [-0.39, 0.29) is 33.8 Å². The van der Waals surface area contributed by atoms with E-state index in [1.54, 1.807) is 5.38 Å². The predicted octanol–water partition coefficient (Wildman–Crippen LogP) is 2.76. The number of nitrogens with two attached hydrogens (primary N) is 2. The second-order valence-electron chi connectivity index (χ2n) is 13.2. The van der Waals surface area contributed by atoms with E-state index < -0.39 is 46.2 Å². The molecule has 2 aliphatic rings. The van der Waals surface area contributed by atoms with Crippen molar-refractivity contribution in [3.63, 3.8) is 0 Å². The molecule has 20 heteroatoms. The molecule has 0 unspecified atom stereocenters. The van der Waals surface area contributed by atoms with E-state index in [1.807, 2.05) is 91.0 Å². The number of tetrazole rings is 1. The van der Waals surface area contributed by atoms with Gasteiger partial charge in [0.15, 0.2) is 10.8 Å². The number of thioether (sulfide) groups is 2. The molecule has 0 aliphatic carbocycles. The van der Waals surface area contributed by atoms with Gasteiger partial charge in [-0.3, -0.25) is 19.3 Å². The number of oxime groups is 1. The van der Waals surface area contributed by atoms with Crippen molar-refractivity contribution in [1.82, 2.24) is 35.5 Å². The van der Waals surface area contributed by atoms with E-state index in [2.05, 4.69) is 31.3 Å². The van der Waals surface area contributed by atoms with E-state index in [0.29, 0.717) is 10.7 Å². The number of hydrogen-bond donors (Lipinski definition) is 5. The number of benzene rings is 3. The Balaban J connectivity index is 1.19. The lowest BCUT2D eigenvalue weighted by Gasteiger charge is -2.49. The van der Waals surface area contributed by atoms with Gasteiger partial charge in [-0.15, -0.1) is 27.9 Å². The van der Waals surface area contributed by atoms with E-state index in [1.165, 1.54) is 36.9 Å². The minimum Gasteiger partial charge on any atom is -0.477 e. The van der Waals surface area contributed by atoms with Crippen molar-refractivity contribution in [1.29, 1.82) is 0 Å². The van der Waals surface area contributed by atoms with Crippen LogP contribution >= 0.6 is 34.9 Å². The van der Waals surface area contributed by atoms with Crippen LogP contribution in [0.25, 0.3) is 0 Å². The number of aliphatic carboxylic acids is 1. The van der Waals surface area contributed by atoms with Crippen molar-refractivity contribution in [3.8, 4) is 0 Å². The number of nitrogens with one attached hydrogen (secondary N) is 2. The van der Waals surface area contributed by atoms with Crippen molar-refractivity contribution in [3.05, 3.63) is 130 Å². The highest BCUT2D eigenvalue weighted by Gasteiger charge is 2.54. The summed E-state index contributed by atoms with van der Waals surface area (Å²) in [6.07, 6.45) is 0. The third-order valence-electron chi connectivity index (χ3n) is 9.21. The molecule has 4 heterocycles. The summed E-state index contributed by atoms with van der Waals surface area (Å²) in [5.74, 6) is 2.47. The van der Waals surface area contributed by atoms with Gasteiger partial charge in [-0.2, -0.15) is 0 Å². The van der Waals surface area contributed by atoms with Gasteiger partial charge >= 0.3 is 5.97 Å². The van der Waals surface area contributed by atoms with Gasteiger partial charge in [0.25, 0.3) is 17.7 Å². The van der Waals surface area contributed by atoms with Crippen LogP contribution in [0.4, 0.5) is 5.13 Å². The monoisotopic (exact) mass is 825 g/mol. The molecule has 7 N–H and O–H groups in total. The molecule has 3 amide bonds. The number of carbonyl (C=O) groups excluding carboxylic acids is 3. The average molecular weight is 826 g/mol. The molecule has 0 saturated carbocycles. The second kappa shape index (κ2) is 16.1. The molecule has 3 aromatic carbocycles. The maximum absolute atomic E-state index is 14.1. The highest BCUT2D eigenvalue weighted by atomic mass is 32.2. The third-order valence-corrected chi connectivity index (χ3v) is 12.3. The van der Waals surface area contributed by atoms with Gasteiger partial charge in [-0.05, 0) is 46.5 Å². The third kappa shape index (κ3) is 7.65. The van der Waals surface area contributed by atoms with Crippen LogP contribution in [0.3, 0.4) is 0 Å². The van der Waals surface area contributed by atoms with Crippen LogP contribution in [0, 0.1) is 0 Å². The molecule has 1 fully saturated rings. The largest absolute Gasteiger partial charge is 0.477 e. The van der Waals surface area contributed by atoms with Crippen LogP contribution in [0.1, 0.15) is 36.2 Å². The number of aromatic nitrogens is 5. The second-order valence-corrected chi connectivity index (χ2v) is 16.1. The number of nitrogens with zero attached hydrogens (tertiary/aromatic N) is 7. The Bertz CT molecular complexity index is 2270. The number of hydrogen-bond acceptors (Lipinski definition) is 15. The summed E-state index contributed by atoms with van der Waals surface area (Å²) in [6, 6.07) is 28.5. The number of fused-ring (bicyclic) bond motifs is 1. The molecule has 0 spiro atoms. The molecule has 2 aliphatic heterocycles. The summed E-state index contributed by atoms with van der Waals surface area (Å²) in [5.41, 5.74) is 5.77. The van der Waals surface area contributed by atoms with E-state index in [9.17, 15) is 24.3 Å². The number of carboxylic acid groups (broad SMARTS) is 1. The maximum Gasteiger partial charge on any atom is 0.352 e. The van der Waals surface area contributed by atoms with Crippen molar-refractivity contribution in [2.75, 3.05) is 22.7 Å². The zero-order valence-corrected chi connectivity index (χ0v) is 32.8. The lowest BCUT2D eigenvalue weighted by Crippen LogP contribution is -2.71. The maximum atomic E-state index is 14.1. The number of nitrogen functional groups attached to an aromatic ring is 1. The van der Waals surface area contributed by atoms with Crippen molar-refractivity contribution < 1.29 is 29.1 Å². The normalized spacial score (nSPS) is 17.1. The average Bonchev–Trinajstić information content (AvgIpc) is 3.86. The Morgan fingerprint density at radius 3 is 2.12 bits per heavy atom. The van der Waals surface area contributed by atoms with Gasteiger partial charge in [-0.25, -0.2) is 9.78 Å². The van der Waals surface area contributed by atoms with Gasteiger partial charge in [-0.1, -0.05) is 113 Å². The molecular weight excluding hydrogens is 791 g/mol. The molecule has 0 bridgehead atoms. The van der Waals surface area contributed by atoms with Crippen LogP contribution in [-0.2, 0) is 29.6 Å². The zero-order chi connectivity index (χ0) is 40.3. The summed E-state index contributed by atoms with van der Waals surface area (Å²) in [6.45, 7) is 2.79. The minimum atomic E-state index is -1.61. The summed E-state index contributed by atoms with van der Waals surface area (Å²) >= 11 is 3.61. The molecule has 292 valence electrons. The molecule has 2 atom stereocenters. The fourth-order valence-corrected chi connectivity index (χ4v) is 9.26. The molecule has 7 rings (SSSR count). The van der Waals surface area contributed by atoms with Gasteiger partial charge in [0.05, 0.1) is 0 Å². The fraction of sp³-hybridized carbons (Fsp3) is 0.216. The number of thiazole rings is 1. The van der Waals surface area contributed by atoms with Crippen molar-refractivity contribution >= 4 is 69.4 Å². The number of primary amides is 1. The first-order chi connectivity index (χ1) is 27.4. The first-order valence-corrected chi connectivity index (χ1v) is 20.2. The van der Waals surface area contributed by atoms with E-state index >= 15 is 0 Å². The van der Waals surface area contributed by atoms with Crippen LogP contribution < -0.4 is 22.2 Å². The molecule has 57 heavy (non-hydrogen) atoms. The lowest BCUT2D eigenvalue weighted by molar-refractivity contribution is -0.150. The van der Waals surface area contributed by atoms with Gasteiger partial charge in [0.1, 0.15) is 28.3 Å². The van der Waals surface area contributed by atoms with Gasteiger partial charge in [0.2, 0.25) is 10.8 Å². The molecule has 0 radical (unpaired) electrons. The number of amides is 3. The van der Waals surface area contributed by atoms with E-state index in [4.69, 9.17) is 21.4 Å². The summed E-state index contributed by atoms with van der Waals surface area (Å²) < 4.78 is 0. The molecule has 17 nitrogen and oxygen atoms in total. The zero-order valence-electron chi connectivity index (χ0n) is 30.3. The Labute approximate surface area is 337 Å². The molecule has 1 saturated heterocycles. The Hall–Kier alpha value is -6.25. The van der Waals surface area contributed by atoms with E-state index in [0.717, 1.165) is 38.1 Å². The van der Waals surface area contributed by atoms with Gasteiger partial charge in [0, 0.05) is 16.9 Å². The highest BCUT2D eigenvalue weighted by Crippen LogP contribution is 2.43. The SMILES string of the molecule is CC(C)(ON=C(C(=O)N[C@@H]1C(=O)N2C(C(=O)O)=C(CSc3nnnn3N)CS[C@@H]12)c1csc(NC(c2ccccc2)(c2ccccc2)c2ccccc2)n1)C(N)=O.